The Morgan fingerprint density at radius 1 is 1.24 bits per heavy atom. The minimum absolute atomic E-state index is 0.0407. The van der Waals surface area contributed by atoms with Crippen LogP contribution in [0, 0.1) is 11.8 Å². The molecule has 1 N–H and O–H groups in total. The minimum atomic E-state index is -0.0751. The van der Waals surface area contributed by atoms with Crippen LogP contribution >= 0.6 is 0 Å². The van der Waals surface area contributed by atoms with E-state index in [9.17, 15) is 9.59 Å². The Morgan fingerprint density at radius 2 is 2.08 bits per heavy atom. The smallest absolute Gasteiger partial charge is 0.317 e. The van der Waals surface area contributed by atoms with E-state index in [2.05, 4.69) is 19.2 Å². The number of hydrogen-bond donors (Lipinski definition) is 1. The molecule has 1 aromatic heterocycles. The molecule has 2 aliphatic heterocycles. The maximum atomic E-state index is 12.9. The molecule has 3 rings (SSSR count). The number of urea groups is 1. The highest BCUT2D eigenvalue weighted by atomic mass is 16.3. The van der Waals surface area contributed by atoms with Gasteiger partial charge in [-0.2, -0.15) is 0 Å². The Bertz CT molecular complexity index is 585. The van der Waals surface area contributed by atoms with Gasteiger partial charge >= 0.3 is 6.03 Å². The lowest BCUT2D eigenvalue weighted by molar-refractivity contribution is -0.135. The second-order valence-electron chi connectivity index (χ2n) is 7.65. The molecule has 3 amide bonds. The Kier molecular flexibility index (Phi) is 5.66. The zero-order valence-corrected chi connectivity index (χ0v) is 15.2. The van der Waals surface area contributed by atoms with Crippen LogP contribution in [0.1, 0.15) is 44.8 Å². The fourth-order valence-corrected chi connectivity index (χ4v) is 3.74. The van der Waals surface area contributed by atoms with Crippen LogP contribution < -0.4 is 5.32 Å². The Labute approximate surface area is 149 Å². The van der Waals surface area contributed by atoms with E-state index in [1.807, 2.05) is 17.0 Å². The summed E-state index contributed by atoms with van der Waals surface area (Å²) in [5, 5.41) is 2.96. The van der Waals surface area contributed by atoms with E-state index in [1.54, 1.807) is 11.2 Å². The molecule has 0 aromatic carbocycles. The van der Waals surface area contributed by atoms with Crippen molar-refractivity contribution in [3.63, 3.8) is 0 Å². The molecule has 2 saturated heterocycles. The molecular formula is C19H29N3O3. The fraction of sp³-hybridized carbons (Fsp3) is 0.684. The van der Waals surface area contributed by atoms with Gasteiger partial charge in [0.2, 0.25) is 5.91 Å². The minimum Gasteiger partial charge on any atom is -0.469 e. The molecule has 0 saturated carbocycles. The van der Waals surface area contributed by atoms with Crippen molar-refractivity contribution in [3.8, 4) is 0 Å². The molecule has 0 unspecified atom stereocenters. The summed E-state index contributed by atoms with van der Waals surface area (Å²) in [6.45, 7) is 7.60. The SMILES string of the molecule is CC(C)CNC(=O)N1CCC[C@@H](C(=O)N2CC[C@@H](c3ccco3)C2)C1. The third-order valence-corrected chi connectivity index (χ3v) is 5.16. The van der Waals surface area contributed by atoms with Gasteiger partial charge in [0, 0.05) is 38.6 Å². The van der Waals surface area contributed by atoms with Crippen LogP contribution in [0.5, 0.6) is 0 Å². The molecule has 0 bridgehead atoms. The van der Waals surface area contributed by atoms with Gasteiger partial charge < -0.3 is 19.5 Å². The predicted octanol–water partition coefficient (Wildman–Crippen LogP) is 2.67. The quantitative estimate of drug-likeness (QED) is 0.911. The number of amides is 3. The maximum absolute atomic E-state index is 12.9. The zero-order chi connectivity index (χ0) is 17.8. The number of likely N-dealkylation sites (tertiary alicyclic amines) is 2. The van der Waals surface area contributed by atoms with Crippen molar-refractivity contribution in [2.24, 2.45) is 11.8 Å². The third kappa shape index (κ3) is 4.35. The summed E-state index contributed by atoms with van der Waals surface area (Å²) in [6.07, 6.45) is 4.40. The maximum Gasteiger partial charge on any atom is 0.317 e. The first kappa shape index (κ1) is 17.8. The van der Waals surface area contributed by atoms with Crippen molar-refractivity contribution >= 4 is 11.9 Å². The van der Waals surface area contributed by atoms with Crippen LogP contribution in [0.15, 0.2) is 22.8 Å². The normalized spacial score (nSPS) is 24.0. The number of rotatable bonds is 4. The van der Waals surface area contributed by atoms with Gasteiger partial charge in [0.25, 0.3) is 0 Å². The molecule has 2 fully saturated rings. The lowest BCUT2D eigenvalue weighted by atomic mass is 9.96. The zero-order valence-electron chi connectivity index (χ0n) is 15.2. The van der Waals surface area contributed by atoms with Gasteiger partial charge in [0.05, 0.1) is 12.2 Å². The van der Waals surface area contributed by atoms with Gasteiger partial charge in [-0.3, -0.25) is 4.79 Å². The Morgan fingerprint density at radius 3 is 2.80 bits per heavy atom. The number of carbonyl (C=O) groups is 2. The second-order valence-corrected chi connectivity index (χ2v) is 7.65. The van der Waals surface area contributed by atoms with E-state index in [-0.39, 0.29) is 17.9 Å². The van der Waals surface area contributed by atoms with Crippen LogP contribution in [0.4, 0.5) is 4.79 Å². The fourth-order valence-electron chi connectivity index (χ4n) is 3.74. The van der Waals surface area contributed by atoms with E-state index < -0.39 is 0 Å². The molecule has 6 nitrogen and oxygen atoms in total. The average Bonchev–Trinajstić information content (AvgIpc) is 3.30. The molecule has 0 spiro atoms. The molecule has 25 heavy (non-hydrogen) atoms. The van der Waals surface area contributed by atoms with Crippen LogP contribution in [0.25, 0.3) is 0 Å². The van der Waals surface area contributed by atoms with E-state index >= 15 is 0 Å². The number of piperidine rings is 1. The average molecular weight is 347 g/mol. The number of carbonyl (C=O) groups excluding carboxylic acids is 2. The Hall–Kier alpha value is -1.98. The van der Waals surface area contributed by atoms with Gasteiger partial charge in [-0.25, -0.2) is 4.79 Å². The summed E-state index contributed by atoms with van der Waals surface area (Å²) in [4.78, 5) is 28.9. The van der Waals surface area contributed by atoms with Crippen LogP contribution in [-0.2, 0) is 4.79 Å². The number of hydrogen-bond acceptors (Lipinski definition) is 3. The summed E-state index contributed by atoms with van der Waals surface area (Å²) in [6, 6.07) is 3.84. The Balaban J connectivity index is 1.53. The first-order valence-electron chi connectivity index (χ1n) is 9.39. The standard InChI is InChI=1S/C19H29N3O3/c1-14(2)11-20-19(24)22-8-3-5-16(13-22)18(23)21-9-7-15(12-21)17-6-4-10-25-17/h4,6,10,14-16H,3,5,7-9,11-13H2,1-2H3,(H,20,24)/t15-,16-/m1/s1. The first-order valence-corrected chi connectivity index (χ1v) is 9.39. The topological polar surface area (TPSA) is 65.8 Å². The third-order valence-electron chi connectivity index (χ3n) is 5.16. The number of nitrogens with zero attached hydrogens (tertiary/aromatic N) is 2. The lowest BCUT2D eigenvalue weighted by Gasteiger charge is -2.34. The molecule has 6 heteroatoms. The molecule has 0 radical (unpaired) electrons. The van der Waals surface area contributed by atoms with E-state index in [4.69, 9.17) is 4.42 Å². The number of nitrogens with one attached hydrogen (secondary N) is 1. The van der Waals surface area contributed by atoms with Gasteiger partial charge in [0.15, 0.2) is 0 Å². The molecular weight excluding hydrogens is 318 g/mol. The lowest BCUT2D eigenvalue weighted by Crippen LogP contribution is -2.49. The summed E-state index contributed by atoms with van der Waals surface area (Å²) in [5.74, 6) is 1.81. The number of furan rings is 1. The van der Waals surface area contributed by atoms with Crippen molar-refractivity contribution < 1.29 is 14.0 Å². The predicted molar refractivity (Wildman–Crippen MR) is 95.2 cm³/mol. The summed E-state index contributed by atoms with van der Waals surface area (Å²) in [7, 11) is 0. The van der Waals surface area contributed by atoms with Crippen molar-refractivity contribution in [1.82, 2.24) is 15.1 Å². The monoisotopic (exact) mass is 347 g/mol. The summed E-state index contributed by atoms with van der Waals surface area (Å²) in [5.41, 5.74) is 0. The van der Waals surface area contributed by atoms with Crippen LogP contribution in [-0.4, -0.2) is 54.5 Å². The summed E-state index contributed by atoms with van der Waals surface area (Å²) >= 11 is 0. The highest BCUT2D eigenvalue weighted by Gasteiger charge is 2.35. The molecule has 1 aromatic rings. The van der Waals surface area contributed by atoms with Gasteiger partial charge in [-0.05, 0) is 37.3 Å². The second kappa shape index (κ2) is 7.93. The van der Waals surface area contributed by atoms with E-state index in [0.717, 1.165) is 44.7 Å². The van der Waals surface area contributed by atoms with E-state index in [0.29, 0.717) is 24.9 Å². The van der Waals surface area contributed by atoms with Gasteiger partial charge in [0.1, 0.15) is 5.76 Å². The van der Waals surface area contributed by atoms with Crippen molar-refractivity contribution in [3.05, 3.63) is 24.2 Å². The highest BCUT2D eigenvalue weighted by Crippen LogP contribution is 2.29. The van der Waals surface area contributed by atoms with Gasteiger partial charge in [-0.15, -0.1) is 0 Å². The van der Waals surface area contributed by atoms with Crippen molar-refractivity contribution in [2.45, 2.75) is 39.0 Å². The molecule has 2 aliphatic rings. The highest BCUT2D eigenvalue weighted by molar-refractivity contribution is 5.81. The molecule has 0 aliphatic carbocycles. The van der Waals surface area contributed by atoms with Crippen molar-refractivity contribution in [2.75, 3.05) is 32.7 Å². The van der Waals surface area contributed by atoms with Gasteiger partial charge in [-0.1, -0.05) is 13.8 Å². The first-order chi connectivity index (χ1) is 12.0. The largest absolute Gasteiger partial charge is 0.469 e. The van der Waals surface area contributed by atoms with Crippen molar-refractivity contribution in [1.29, 1.82) is 0 Å². The molecule has 3 heterocycles. The van der Waals surface area contributed by atoms with E-state index in [1.165, 1.54) is 0 Å². The molecule has 138 valence electrons. The van der Waals surface area contributed by atoms with Crippen LogP contribution in [0.3, 0.4) is 0 Å². The summed E-state index contributed by atoms with van der Waals surface area (Å²) < 4.78 is 5.49. The molecule has 2 atom stereocenters. The van der Waals surface area contributed by atoms with Crippen LogP contribution in [0.2, 0.25) is 0 Å².